The third-order valence-electron chi connectivity index (χ3n) is 4.78. The lowest BCUT2D eigenvalue weighted by Gasteiger charge is -2.31. The van der Waals surface area contributed by atoms with Gasteiger partial charge in [-0.1, -0.05) is 0 Å². The van der Waals surface area contributed by atoms with Crippen LogP contribution >= 0.6 is 0 Å². The van der Waals surface area contributed by atoms with Gasteiger partial charge in [-0.25, -0.2) is 9.50 Å². The molecule has 4 heterocycles. The molecule has 4 rings (SSSR count). The van der Waals surface area contributed by atoms with Crippen LogP contribution in [-0.2, 0) is 0 Å². The first-order valence-corrected chi connectivity index (χ1v) is 8.52. The van der Waals surface area contributed by atoms with E-state index in [1.807, 2.05) is 22.4 Å². The molecule has 0 aromatic carbocycles. The van der Waals surface area contributed by atoms with Crippen molar-refractivity contribution in [3.63, 3.8) is 0 Å². The monoisotopic (exact) mass is 336 g/mol. The van der Waals surface area contributed by atoms with Crippen LogP contribution in [0.4, 0.5) is 0 Å². The standard InChI is InChI=1S/C18H20N6O/c1-12-9-17-21-16(10-13(2)24(17)22-12)14-4-7-23(8-5-14)18(25)15-3-6-19-20-11-15/h3,6,9-11,14H,4-5,7-8H2,1-2H3. The van der Waals surface area contributed by atoms with Crippen molar-refractivity contribution in [1.82, 2.24) is 29.7 Å². The van der Waals surface area contributed by atoms with E-state index < -0.39 is 0 Å². The lowest BCUT2D eigenvalue weighted by Crippen LogP contribution is -2.38. The molecular weight excluding hydrogens is 316 g/mol. The maximum absolute atomic E-state index is 12.5. The number of likely N-dealkylation sites (tertiary alicyclic amines) is 1. The molecule has 3 aromatic rings. The molecule has 3 aromatic heterocycles. The van der Waals surface area contributed by atoms with E-state index in [-0.39, 0.29) is 5.91 Å². The molecule has 1 aliphatic heterocycles. The summed E-state index contributed by atoms with van der Waals surface area (Å²) in [5.41, 5.74) is 4.66. The summed E-state index contributed by atoms with van der Waals surface area (Å²) in [6, 6.07) is 5.84. The Morgan fingerprint density at radius 3 is 2.68 bits per heavy atom. The van der Waals surface area contributed by atoms with Crippen LogP contribution in [0.25, 0.3) is 5.65 Å². The Balaban J connectivity index is 1.49. The van der Waals surface area contributed by atoms with Gasteiger partial charge in [-0.15, -0.1) is 0 Å². The number of amides is 1. The molecule has 0 unspecified atom stereocenters. The molecule has 25 heavy (non-hydrogen) atoms. The van der Waals surface area contributed by atoms with Gasteiger partial charge in [0.25, 0.3) is 5.91 Å². The minimum atomic E-state index is 0.0272. The van der Waals surface area contributed by atoms with Gasteiger partial charge in [0.05, 0.1) is 23.7 Å². The van der Waals surface area contributed by atoms with Crippen molar-refractivity contribution in [2.45, 2.75) is 32.6 Å². The maximum atomic E-state index is 12.5. The van der Waals surface area contributed by atoms with E-state index in [2.05, 4.69) is 28.3 Å². The third-order valence-corrected chi connectivity index (χ3v) is 4.78. The third kappa shape index (κ3) is 2.97. The molecule has 1 fully saturated rings. The van der Waals surface area contributed by atoms with Crippen molar-refractivity contribution in [3.05, 3.63) is 53.2 Å². The summed E-state index contributed by atoms with van der Waals surface area (Å²) in [5, 5.41) is 12.0. The van der Waals surface area contributed by atoms with Gasteiger partial charge in [-0.3, -0.25) is 4.79 Å². The van der Waals surface area contributed by atoms with Crippen molar-refractivity contribution in [1.29, 1.82) is 0 Å². The van der Waals surface area contributed by atoms with E-state index in [1.54, 1.807) is 12.3 Å². The molecule has 0 saturated carbocycles. The van der Waals surface area contributed by atoms with Crippen molar-refractivity contribution in [2.24, 2.45) is 0 Å². The fraction of sp³-hybridized carbons (Fsp3) is 0.389. The molecule has 128 valence electrons. The van der Waals surface area contributed by atoms with Crippen LogP contribution in [0.1, 0.15) is 46.2 Å². The van der Waals surface area contributed by atoms with Crippen LogP contribution in [0.5, 0.6) is 0 Å². The molecule has 0 bridgehead atoms. The second-order valence-corrected chi connectivity index (χ2v) is 6.58. The minimum Gasteiger partial charge on any atom is -0.339 e. The highest BCUT2D eigenvalue weighted by atomic mass is 16.2. The van der Waals surface area contributed by atoms with Gasteiger partial charge in [0.2, 0.25) is 0 Å². The summed E-state index contributed by atoms with van der Waals surface area (Å²) >= 11 is 0. The van der Waals surface area contributed by atoms with Crippen molar-refractivity contribution in [2.75, 3.05) is 13.1 Å². The Hall–Kier alpha value is -2.83. The quantitative estimate of drug-likeness (QED) is 0.717. The molecule has 0 aliphatic carbocycles. The smallest absolute Gasteiger partial charge is 0.255 e. The van der Waals surface area contributed by atoms with Crippen molar-refractivity contribution < 1.29 is 4.79 Å². The summed E-state index contributed by atoms with van der Waals surface area (Å²) < 4.78 is 1.88. The number of hydrogen-bond acceptors (Lipinski definition) is 5. The number of nitrogens with zero attached hydrogens (tertiary/aromatic N) is 6. The lowest BCUT2D eigenvalue weighted by molar-refractivity contribution is 0.0711. The fourth-order valence-corrected chi connectivity index (χ4v) is 3.45. The van der Waals surface area contributed by atoms with E-state index >= 15 is 0 Å². The number of hydrogen-bond donors (Lipinski definition) is 0. The van der Waals surface area contributed by atoms with Crippen LogP contribution < -0.4 is 0 Å². The number of aryl methyl sites for hydroxylation is 2. The number of carbonyl (C=O) groups is 1. The number of fused-ring (bicyclic) bond motifs is 1. The summed E-state index contributed by atoms with van der Waals surface area (Å²) in [7, 11) is 0. The molecule has 1 aliphatic rings. The molecule has 7 heteroatoms. The highest BCUT2D eigenvalue weighted by molar-refractivity contribution is 5.93. The normalized spacial score (nSPS) is 15.7. The average Bonchev–Trinajstić information content (AvgIpc) is 3.03. The molecule has 1 amide bonds. The van der Waals surface area contributed by atoms with Crippen molar-refractivity contribution in [3.8, 4) is 0 Å². The zero-order chi connectivity index (χ0) is 17.4. The number of piperidine rings is 1. The van der Waals surface area contributed by atoms with Gasteiger partial charge < -0.3 is 4.90 Å². The second kappa shape index (κ2) is 6.23. The van der Waals surface area contributed by atoms with Gasteiger partial charge in [0.15, 0.2) is 5.65 Å². The van der Waals surface area contributed by atoms with E-state index in [1.165, 1.54) is 6.20 Å². The Labute approximate surface area is 145 Å². The van der Waals surface area contributed by atoms with Gasteiger partial charge in [-0.2, -0.15) is 15.3 Å². The van der Waals surface area contributed by atoms with E-state index in [9.17, 15) is 4.79 Å². The summed E-state index contributed by atoms with van der Waals surface area (Å²) in [6.07, 6.45) is 4.91. The highest BCUT2D eigenvalue weighted by Crippen LogP contribution is 2.28. The predicted molar refractivity (Wildman–Crippen MR) is 92.4 cm³/mol. The largest absolute Gasteiger partial charge is 0.339 e. The molecular formula is C18H20N6O. The van der Waals surface area contributed by atoms with Crippen molar-refractivity contribution >= 4 is 11.6 Å². The first-order valence-electron chi connectivity index (χ1n) is 8.52. The van der Waals surface area contributed by atoms with Crippen LogP contribution in [0.2, 0.25) is 0 Å². The molecule has 0 atom stereocenters. The van der Waals surface area contributed by atoms with Gasteiger partial charge in [0, 0.05) is 36.5 Å². The van der Waals surface area contributed by atoms with Gasteiger partial charge >= 0.3 is 0 Å². The Kier molecular flexibility index (Phi) is 3.91. The minimum absolute atomic E-state index is 0.0272. The number of carbonyl (C=O) groups excluding carboxylic acids is 1. The number of aromatic nitrogens is 5. The van der Waals surface area contributed by atoms with Gasteiger partial charge in [0.1, 0.15) is 0 Å². The first kappa shape index (κ1) is 15.7. The molecule has 7 nitrogen and oxygen atoms in total. The molecule has 0 spiro atoms. The van der Waals surface area contributed by atoms with Crippen LogP contribution in [0, 0.1) is 13.8 Å². The average molecular weight is 336 g/mol. The molecule has 1 saturated heterocycles. The second-order valence-electron chi connectivity index (χ2n) is 6.58. The molecule has 0 N–H and O–H groups in total. The van der Waals surface area contributed by atoms with Crippen LogP contribution in [-0.4, -0.2) is 48.7 Å². The Morgan fingerprint density at radius 2 is 1.96 bits per heavy atom. The summed E-state index contributed by atoms with van der Waals surface area (Å²) in [5.74, 6) is 0.401. The van der Waals surface area contributed by atoms with E-state index in [0.717, 1.165) is 48.7 Å². The Morgan fingerprint density at radius 1 is 1.16 bits per heavy atom. The maximum Gasteiger partial charge on any atom is 0.255 e. The lowest BCUT2D eigenvalue weighted by atomic mass is 9.92. The summed E-state index contributed by atoms with van der Waals surface area (Å²) in [6.45, 7) is 5.50. The SMILES string of the molecule is Cc1cc2nc(C3CCN(C(=O)c4ccnnc4)CC3)cc(C)n2n1. The summed E-state index contributed by atoms with van der Waals surface area (Å²) in [4.78, 5) is 19.2. The van der Waals surface area contributed by atoms with Crippen LogP contribution in [0.3, 0.4) is 0 Å². The van der Waals surface area contributed by atoms with E-state index in [4.69, 9.17) is 4.98 Å². The zero-order valence-corrected chi connectivity index (χ0v) is 14.4. The fourth-order valence-electron chi connectivity index (χ4n) is 3.45. The van der Waals surface area contributed by atoms with Crippen LogP contribution in [0.15, 0.2) is 30.6 Å². The topological polar surface area (TPSA) is 76.3 Å². The molecule has 0 radical (unpaired) electrons. The Bertz CT molecular complexity index is 912. The van der Waals surface area contributed by atoms with E-state index in [0.29, 0.717) is 11.5 Å². The zero-order valence-electron chi connectivity index (χ0n) is 14.4. The van der Waals surface area contributed by atoms with Gasteiger partial charge in [-0.05, 0) is 38.8 Å². The highest BCUT2D eigenvalue weighted by Gasteiger charge is 2.26. The number of rotatable bonds is 2. The predicted octanol–water partition coefficient (Wildman–Crippen LogP) is 2.16. The first-order chi connectivity index (χ1) is 12.1.